The Balaban J connectivity index is 2.43. The Morgan fingerprint density at radius 2 is 1.74 bits per heavy atom. The monoisotopic (exact) mass is 252 g/mol. The van der Waals surface area contributed by atoms with E-state index < -0.39 is 0 Å². The number of benzene rings is 1. The summed E-state index contributed by atoms with van der Waals surface area (Å²) in [4.78, 5) is 4.87. The normalized spacial score (nSPS) is 12.1. The molecule has 0 fully saturated rings. The average Bonchev–Trinajstić information content (AvgIpc) is 2.81. The molecule has 19 heavy (non-hydrogen) atoms. The van der Waals surface area contributed by atoms with Crippen LogP contribution in [0, 0.1) is 0 Å². The second-order valence-electron chi connectivity index (χ2n) is 5.83. The van der Waals surface area contributed by atoms with Crippen molar-refractivity contribution in [3.63, 3.8) is 0 Å². The van der Waals surface area contributed by atoms with Crippen molar-refractivity contribution in [2.75, 3.05) is 0 Å². The van der Waals surface area contributed by atoms with Gasteiger partial charge in [-0.15, -0.1) is 0 Å². The minimum Gasteiger partial charge on any atom is -0.301 e. The first-order chi connectivity index (χ1) is 9.08. The second kappa shape index (κ2) is 4.37. The van der Waals surface area contributed by atoms with Crippen LogP contribution < -0.4 is 0 Å². The van der Waals surface area contributed by atoms with E-state index in [9.17, 15) is 0 Å². The third kappa shape index (κ3) is 1.92. The molecule has 2 aromatic heterocycles. The summed E-state index contributed by atoms with van der Waals surface area (Å²) in [6, 6.07) is 10.8. The molecule has 0 unspecified atom stereocenters. The van der Waals surface area contributed by atoms with Gasteiger partial charge in [-0.2, -0.15) is 0 Å². The zero-order valence-corrected chi connectivity index (χ0v) is 12.0. The van der Waals surface area contributed by atoms with Gasteiger partial charge in [0.1, 0.15) is 5.65 Å². The summed E-state index contributed by atoms with van der Waals surface area (Å²) >= 11 is 0. The molecule has 0 N–H and O–H groups in total. The number of para-hydroxylation sites is 1. The van der Waals surface area contributed by atoms with Crippen molar-refractivity contribution in [3.8, 4) is 0 Å². The molecule has 2 heterocycles. The Hall–Kier alpha value is -1.83. The molecular formula is C17H20N2. The van der Waals surface area contributed by atoms with Crippen LogP contribution in [0.3, 0.4) is 0 Å². The van der Waals surface area contributed by atoms with E-state index in [0.29, 0.717) is 11.8 Å². The molecule has 2 nitrogen and oxygen atoms in total. The van der Waals surface area contributed by atoms with E-state index in [4.69, 9.17) is 4.98 Å². The molecule has 0 spiro atoms. The maximum atomic E-state index is 4.87. The molecule has 3 aromatic rings. The zero-order chi connectivity index (χ0) is 13.6. The molecule has 1 aromatic carbocycles. The van der Waals surface area contributed by atoms with Crippen molar-refractivity contribution in [1.29, 1.82) is 0 Å². The van der Waals surface area contributed by atoms with Crippen LogP contribution >= 0.6 is 0 Å². The minimum atomic E-state index is 0.437. The van der Waals surface area contributed by atoms with E-state index in [2.05, 4.69) is 68.6 Å². The third-order valence-corrected chi connectivity index (χ3v) is 3.71. The summed E-state index contributed by atoms with van der Waals surface area (Å²) < 4.78 is 2.22. The fourth-order valence-electron chi connectivity index (χ4n) is 2.59. The highest BCUT2D eigenvalue weighted by Gasteiger charge is 2.12. The van der Waals surface area contributed by atoms with E-state index in [1.54, 1.807) is 0 Å². The quantitative estimate of drug-likeness (QED) is 0.644. The SMILES string of the molecule is CC(C)c1cc2nc(C(C)C)c3ccccc3n2c1. The molecule has 0 aliphatic rings. The highest BCUT2D eigenvalue weighted by atomic mass is 15.0. The molecule has 2 heteroatoms. The Morgan fingerprint density at radius 3 is 2.42 bits per heavy atom. The van der Waals surface area contributed by atoms with Crippen LogP contribution in [0.5, 0.6) is 0 Å². The van der Waals surface area contributed by atoms with Crippen LogP contribution in [-0.4, -0.2) is 9.38 Å². The van der Waals surface area contributed by atoms with Crippen molar-refractivity contribution in [1.82, 2.24) is 9.38 Å². The molecule has 98 valence electrons. The fourth-order valence-corrected chi connectivity index (χ4v) is 2.59. The van der Waals surface area contributed by atoms with Crippen LogP contribution in [0.2, 0.25) is 0 Å². The van der Waals surface area contributed by atoms with Crippen molar-refractivity contribution in [3.05, 3.63) is 47.8 Å². The van der Waals surface area contributed by atoms with Gasteiger partial charge in [-0.25, -0.2) is 4.98 Å². The lowest BCUT2D eigenvalue weighted by Crippen LogP contribution is -1.99. The predicted molar refractivity (Wildman–Crippen MR) is 80.9 cm³/mol. The summed E-state index contributed by atoms with van der Waals surface area (Å²) in [6.45, 7) is 8.86. The summed E-state index contributed by atoms with van der Waals surface area (Å²) in [5.74, 6) is 0.968. The van der Waals surface area contributed by atoms with E-state index >= 15 is 0 Å². The topological polar surface area (TPSA) is 17.3 Å². The summed E-state index contributed by atoms with van der Waals surface area (Å²) in [7, 11) is 0. The fraction of sp³-hybridized carbons (Fsp3) is 0.353. The molecule has 0 atom stereocenters. The molecule has 3 rings (SSSR count). The minimum absolute atomic E-state index is 0.437. The van der Waals surface area contributed by atoms with Crippen molar-refractivity contribution >= 4 is 16.6 Å². The lowest BCUT2D eigenvalue weighted by atomic mass is 10.0. The highest BCUT2D eigenvalue weighted by Crippen LogP contribution is 2.27. The number of rotatable bonds is 2. The van der Waals surface area contributed by atoms with Gasteiger partial charge in [-0.05, 0) is 29.5 Å². The zero-order valence-electron chi connectivity index (χ0n) is 12.0. The van der Waals surface area contributed by atoms with Crippen LogP contribution in [0.1, 0.15) is 50.8 Å². The molecule has 0 radical (unpaired) electrons. The van der Waals surface area contributed by atoms with Gasteiger partial charge in [-0.1, -0.05) is 45.9 Å². The van der Waals surface area contributed by atoms with Crippen molar-refractivity contribution < 1.29 is 0 Å². The average molecular weight is 252 g/mol. The van der Waals surface area contributed by atoms with Gasteiger partial charge in [0.2, 0.25) is 0 Å². The molecule has 0 bridgehead atoms. The molecular weight excluding hydrogens is 232 g/mol. The van der Waals surface area contributed by atoms with E-state index in [1.165, 1.54) is 22.2 Å². The molecule has 0 amide bonds. The largest absolute Gasteiger partial charge is 0.301 e. The number of fused-ring (bicyclic) bond motifs is 3. The van der Waals surface area contributed by atoms with Gasteiger partial charge in [0.05, 0.1) is 11.2 Å². The van der Waals surface area contributed by atoms with Crippen molar-refractivity contribution in [2.24, 2.45) is 0 Å². The Kier molecular flexibility index (Phi) is 2.81. The Bertz CT molecular complexity index is 735. The van der Waals surface area contributed by atoms with Gasteiger partial charge < -0.3 is 4.40 Å². The van der Waals surface area contributed by atoms with Crippen LogP contribution in [0.15, 0.2) is 36.5 Å². The second-order valence-corrected chi connectivity index (χ2v) is 5.83. The summed E-state index contributed by atoms with van der Waals surface area (Å²) in [5, 5.41) is 1.26. The standard InChI is InChI=1S/C17H20N2/c1-11(2)13-9-16-18-17(12(3)4)14-7-5-6-8-15(14)19(16)10-13/h5-12H,1-4H3. The smallest absolute Gasteiger partial charge is 0.137 e. The van der Waals surface area contributed by atoms with Gasteiger partial charge in [0.25, 0.3) is 0 Å². The summed E-state index contributed by atoms with van der Waals surface area (Å²) in [5.41, 5.74) is 4.85. The maximum Gasteiger partial charge on any atom is 0.137 e. The lowest BCUT2D eigenvalue weighted by Gasteiger charge is -2.11. The first-order valence-electron chi connectivity index (χ1n) is 6.98. The van der Waals surface area contributed by atoms with E-state index in [-0.39, 0.29) is 0 Å². The molecule has 0 aliphatic heterocycles. The number of hydrogen-bond acceptors (Lipinski definition) is 1. The van der Waals surface area contributed by atoms with Gasteiger partial charge in [0, 0.05) is 11.6 Å². The number of nitrogens with zero attached hydrogens (tertiary/aromatic N) is 2. The number of aromatic nitrogens is 2. The van der Waals surface area contributed by atoms with Gasteiger partial charge in [0.15, 0.2) is 0 Å². The van der Waals surface area contributed by atoms with E-state index in [0.717, 1.165) is 5.65 Å². The van der Waals surface area contributed by atoms with Crippen LogP contribution in [-0.2, 0) is 0 Å². The first-order valence-corrected chi connectivity index (χ1v) is 6.98. The lowest BCUT2D eigenvalue weighted by molar-refractivity contribution is 0.834. The highest BCUT2D eigenvalue weighted by molar-refractivity contribution is 5.84. The number of hydrogen-bond donors (Lipinski definition) is 0. The van der Waals surface area contributed by atoms with Crippen LogP contribution in [0.4, 0.5) is 0 Å². The van der Waals surface area contributed by atoms with Crippen LogP contribution in [0.25, 0.3) is 16.6 Å². The predicted octanol–water partition coefficient (Wildman–Crippen LogP) is 4.73. The molecule has 0 saturated heterocycles. The van der Waals surface area contributed by atoms with Crippen molar-refractivity contribution in [2.45, 2.75) is 39.5 Å². The first kappa shape index (κ1) is 12.2. The van der Waals surface area contributed by atoms with E-state index in [1.807, 2.05) is 0 Å². The van der Waals surface area contributed by atoms with Gasteiger partial charge in [-0.3, -0.25) is 0 Å². The maximum absolute atomic E-state index is 4.87. The van der Waals surface area contributed by atoms with Gasteiger partial charge >= 0.3 is 0 Å². The molecule has 0 saturated carbocycles. The summed E-state index contributed by atoms with van der Waals surface area (Å²) in [6.07, 6.45) is 2.22. The Morgan fingerprint density at radius 1 is 1.00 bits per heavy atom. The molecule has 0 aliphatic carbocycles. The third-order valence-electron chi connectivity index (χ3n) is 3.71. The Labute approximate surface area is 114 Å².